The van der Waals surface area contributed by atoms with Crippen molar-refractivity contribution in [2.45, 2.75) is 12.8 Å². The summed E-state index contributed by atoms with van der Waals surface area (Å²) in [7, 11) is 0. The third-order valence-corrected chi connectivity index (χ3v) is 4.37. The minimum Gasteiger partial charge on any atom is -0.384 e. The Bertz CT molecular complexity index is 825. The average molecular weight is 397 g/mol. The molecule has 3 rings (SSSR count). The number of nitrogens with one attached hydrogen (secondary N) is 1. The number of hydrogen-bond donors (Lipinski definition) is 2. The largest absolute Gasteiger partial charge is 0.384 e. The van der Waals surface area contributed by atoms with Gasteiger partial charge in [0.25, 0.3) is 5.91 Å². The molecule has 1 aromatic carbocycles. The molecule has 0 spiro atoms. The van der Waals surface area contributed by atoms with Crippen LogP contribution in [0.25, 0.3) is 0 Å². The lowest BCUT2D eigenvalue weighted by atomic mass is 9.95. The molecule has 0 saturated carbocycles. The topological polar surface area (TPSA) is 88.3 Å². The first kappa shape index (κ1) is 20.6. The van der Waals surface area contributed by atoms with E-state index in [0.29, 0.717) is 43.5 Å². The van der Waals surface area contributed by atoms with Gasteiger partial charge in [0, 0.05) is 25.1 Å². The second-order valence-electron chi connectivity index (χ2n) is 6.15. The SMILES string of the molecule is Cl.Nc1ccc(NC(=O)C2CCN(C(=O)c3ccc(F)cc3F)CC2)cn1. The summed E-state index contributed by atoms with van der Waals surface area (Å²) in [6, 6.07) is 6.13. The van der Waals surface area contributed by atoms with Crippen LogP contribution in [0.5, 0.6) is 0 Å². The van der Waals surface area contributed by atoms with E-state index in [0.717, 1.165) is 12.1 Å². The van der Waals surface area contributed by atoms with Crippen LogP contribution in [-0.2, 0) is 4.79 Å². The van der Waals surface area contributed by atoms with Crippen LogP contribution < -0.4 is 11.1 Å². The van der Waals surface area contributed by atoms with E-state index in [9.17, 15) is 18.4 Å². The van der Waals surface area contributed by atoms with Crippen molar-refractivity contribution < 1.29 is 18.4 Å². The van der Waals surface area contributed by atoms with Gasteiger partial charge in [-0.15, -0.1) is 12.4 Å². The van der Waals surface area contributed by atoms with Crippen molar-refractivity contribution in [1.82, 2.24) is 9.88 Å². The lowest BCUT2D eigenvalue weighted by Crippen LogP contribution is -2.41. The number of halogens is 3. The zero-order valence-electron chi connectivity index (χ0n) is 14.3. The molecule has 0 unspecified atom stereocenters. The number of hydrogen-bond acceptors (Lipinski definition) is 4. The van der Waals surface area contributed by atoms with Gasteiger partial charge in [-0.05, 0) is 37.1 Å². The molecular weight excluding hydrogens is 378 g/mol. The van der Waals surface area contributed by atoms with Crippen molar-refractivity contribution in [2.24, 2.45) is 5.92 Å². The van der Waals surface area contributed by atoms with E-state index < -0.39 is 17.5 Å². The van der Waals surface area contributed by atoms with E-state index in [1.54, 1.807) is 12.1 Å². The minimum absolute atomic E-state index is 0. The Balaban J connectivity index is 0.00000261. The molecule has 1 aliphatic rings. The van der Waals surface area contributed by atoms with Crippen LogP contribution in [0.1, 0.15) is 23.2 Å². The molecule has 2 amide bonds. The highest BCUT2D eigenvalue weighted by molar-refractivity contribution is 5.95. The lowest BCUT2D eigenvalue weighted by molar-refractivity contribution is -0.121. The van der Waals surface area contributed by atoms with Crippen molar-refractivity contribution in [3.63, 3.8) is 0 Å². The zero-order chi connectivity index (χ0) is 18.7. The van der Waals surface area contributed by atoms with Gasteiger partial charge in [0.2, 0.25) is 5.91 Å². The summed E-state index contributed by atoms with van der Waals surface area (Å²) in [6.07, 6.45) is 2.40. The van der Waals surface area contributed by atoms with Crippen LogP contribution in [0.3, 0.4) is 0 Å². The molecule has 0 bridgehead atoms. The van der Waals surface area contributed by atoms with Crippen molar-refractivity contribution in [2.75, 3.05) is 24.1 Å². The standard InChI is InChI=1S/C18H18F2N4O2.ClH/c19-12-1-3-14(15(20)9-12)18(26)24-7-5-11(6-8-24)17(25)23-13-2-4-16(21)22-10-13;/h1-4,9-11H,5-8H2,(H2,21,22)(H,23,25);1H. The Morgan fingerprint density at radius 1 is 1.15 bits per heavy atom. The first-order valence-corrected chi connectivity index (χ1v) is 8.21. The summed E-state index contributed by atoms with van der Waals surface area (Å²) < 4.78 is 26.7. The summed E-state index contributed by atoms with van der Waals surface area (Å²) in [6.45, 7) is 0.654. The number of carbonyl (C=O) groups is 2. The van der Waals surface area contributed by atoms with Crippen LogP contribution >= 0.6 is 12.4 Å². The van der Waals surface area contributed by atoms with Crippen molar-refractivity contribution >= 4 is 35.7 Å². The van der Waals surface area contributed by atoms with Crippen molar-refractivity contribution in [1.29, 1.82) is 0 Å². The molecule has 1 aliphatic heterocycles. The second kappa shape index (κ2) is 8.77. The Labute approximate surface area is 161 Å². The van der Waals surface area contributed by atoms with Crippen molar-refractivity contribution in [3.05, 3.63) is 53.7 Å². The quantitative estimate of drug-likeness (QED) is 0.835. The van der Waals surface area contributed by atoms with Gasteiger partial charge in [0.05, 0.1) is 17.4 Å². The number of nitrogens with zero attached hydrogens (tertiary/aromatic N) is 2. The molecule has 0 atom stereocenters. The number of rotatable bonds is 3. The van der Waals surface area contributed by atoms with Gasteiger partial charge >= 0.3 is 0 Å². The van der Waals surface area contributed by atoms with Crippen LogP contribution in [0.15, 0.2) is 36.5 Å². The number of nitrogen functional groups attached to an aromatic ring is 1. The van der Waals surface area contributed by atoms with E-state index in [2.05, 4.69) is 10.3 Å². The highest BCUT2D eigenvalue weighted by atomic mass is 35.5. The number of likely N-dealkylation sites (tertiary alicyclic amines) is 1. The summed E-state index contributed by atoms with van der Waals surface area (Å²) in [5.74, 6) is -2.16. The maximum absolute atomic E-state index is 13.8. The molecule has 2 heterocycles. The van der Waals surface area contributed by atoms with Crippen molar-refractivity contribution in [3.8, 4) is 0 Å². The predicted molar refractivity (Wildman–Crippen MR) is 99.5 cm³/mol. The maximum atomic E-state index is 13.8. The van der Waals surface area contributed by atoms with Crippen LogP contribution in [0.4, 0.5) is 20.3 Å². The molecule has 0 radical (unpaired) electrons. The number of aromatic nitrogens is 1. The van der Waals surface area contributed by atoms with Crippen LogP contribution in [0, 0.1) is 17.6 Å². The highest BCUT2D eigenvalue weighted by Crippen LogP contribution is 2.22. The first-order valence-electron chi connectivity index (χ1n) is 8.21. The normalized spacial score (nSPS) is 14.4. The molecule has 1 aromatic heterocycles. The van der Waals surface area contributed by atoms with E-state index >= 15 is 0 Å². The van der Waals surface area contributed by atoms with Gasteiger partial charge < -0.3 is 16.0 Å². The van der Waals surface area contributed by atoms with E-state index in [1.807, 2.05) is 0 Å². The van der Waals surface area contributed by atoms with Gasteiger partial charge in [0.1, 0.15) is 17.5 Å². The van der Waals surface area contributed by atoms with Gasteiger partial charge in [-0.3, -0.25) is 9.59 Å². The van der Waals surface area contributed by atoms with E-state index in [-0.39, 0.29) is 29.8 Å². The summed E-state index contributed by atoms with van der Waals surface area (Å²) >= 11 is 0. The number of nitrogens with two attached hydrogens (primary N) is 1. The zero-order valence-corrected chi connectivity index (χ0v) is 15.1. The molecule has 2 aromatic rings. The summed E-state index contributed by atoms with van der Waals surface area (Å²) in [5.41, 5.74) is 5.89. The molecule has 1 fully saturated rings. The fourth-order valence-electron chi connectivity index (χ4n) is 2.90. The number of amides is 2. The van der Waals surface area contributed by atoms with E-state index in [1.165, 1.54) is 11.1 Å². The molecule has 0 aliphatic carbocycles. The number of pyridine rings is 1. The Hall–Kier alpha value is -2.74. The number of benzene rings is 1. The molecule has 6 nitrogen and oxygen atoms in total. The Morgan fingerprint density at radius 2 is 1.85 bits per heavy atom. The summed E-state index contributed by atoms with van der Waals surface area (Å²) in [5, 5.41) is 2.77. The molecule has 9 heteroatoms. The Kier molecular flexibility index (Phi) is 6.68. The van der Waals surface area contributed by atoms with Crippen LogP contribution in [0.2, 0.25) is 0 Å². The fraction of sp³-hybridized carbons (Fsp3) is 0.278. The predicted octanol–water partition coefficient (Wildman–Crippen LogP) is 2.85. The lowest BCUT2D eigenvalue weighted by Gasteiger charge is -2.31. The van der Waals surface area contributed by atoms with Gasteiger partial charge in [-0.25, -0.2) is 13.8 Å². The van der Waals surface area contributed by atoms with Gasteiger partial charge in [0.15, 0.2) is 0 Å². The number of piperidine rings is 1. The first-order chi connectivity index (χ1) is 12.4. The average Bonchev–Trinajstić information content (AvgIpc) is 2.63. The third-order valence-electron chi connectivity index (χ3n) is 4.37. The maximum Gasteiger partial charge on any atom is 0.256 e. The summed E-state index contributed by atoms with van der Waals surface area (Å²) in [4.78, 5) is 30.1. The minimum atomic E-state index is -0.884. The highest BCUT2D eigenvalue weighted by Gasteiger charge is 2.29. The molecule has 3 N–H and O–H groups in total. The van der Waals surface area contributed by atoms with Gasteiger partial charge in [-0.1, -0.05) is 0 Å². The molecular formula is C18H19ClF2N4O2. The monoisotopic (exact) mass is 396 g/mol. The van der Waals surface area contributed by atoms with Crippen LogP contribution in [-0.4, -0.2) is 34.8 Å². The van der Waals surface area contributed by atoms with E-state index in [4.69, 9.17) is 5.73 Å². The smallest absolute Gasteiger partial charge is 0.256 e. The third kappa shape index (κ3) is 4.91. The number of anilines is 2. The Morgan fingerprint density at radius 3 is 2.44 bits per heavy atom. The molecule has 144 valence electrons. The number of carbonyl (C=O) groups excluding carboxylic acids is 2. The fourth-order valence-corrected chi connectivity index (χ4v) is 2.90. The van der Waals surface area contributed by atoms with Gasteiger partial charge in [-0.2, -0.15) is 0 Å². The molecule has 1 saturated heterocycles. The molecule has 27 heavy (non-hydrogen) atoms. The second-order valence-corrected chi connectivity index (χ2v) is 6.15.